The van der Waals surface area contributed by atoms with Crippen molar-refractivity contribution in [2.24, 2.45) is 7.05 Å². The molecule has 6 nitrogen and oxygen atoms in total. The highest BCUT2D eigenvalue weighted by Gasteiger charge is 2.19. The van der Waals surface area contributed by atoms with Gasteiger partial charge in [-0.05, 0) is 38.8 Å². The molecule has 0 saturated carbocycles. The zero-order valence-electron chi connectivity index (χ0n) is 15.2. The number of aromatic nitrogens is 3. The Labute approximate surface area is 157 Å². The van der Waals surface area contributed by atoms with Gasteiger partial charge in [0.1, 0.15) is 5.69 Å². The van der Waals surface area contributed by atoms with Crippen molar-refractivity contribution in [3.05, 3.63) is 58.1 Å². The molecule has 3 rings (SSSR count). The molecule has 2 aromatic heterocycles. The first-order chi connectivity index (χ1) is 12.4. The Kier molecular flexibility index (Phi) is 5.13. The second kappa shape index (κ2) is 7.33. The van der Waals surface area contributed by atoms with Crippen LogP contribution in [0.3, 0.4) is 0 Å². The minimum atomic E-state index is -0.303. The van der Waals surface area contributed by atoms with Gasteiger partial charge in [-0.3, -0.25) is 9.48 Å². The first kappa shape index (κ1) is 18.2. The van der Waals surface area contributed by atoms with Crippen LogP contribution in [-0.4, -0.2) is 26.9 Å². The Bertz CT molecular complexity index is 945. The smallest absolute Gasteiger partial charge is 0.290 e. The summed E-state index contributed by atoms with van der Waals surface area (Å²) in [6, 6.07) is 8.83. The van der Waals surface area contributed by atoms with Crippen LogP contribution in [0.5, 0.6) is 0 Å². The molecule has 1 amide bonds. The SMILES string of the molecule is Cc1nn(C)c(C)c1C[C@@H](C)NC(=O)c1cc(-c2ccccc2Cl)no1. The number of halogens is 1. The fraction of sp³-hybridized carbons (Fsp3) is 0.316. The van der Waals surface area contributed by atoms with Crippen LogP contribution in [0.15, 0.2) is 34.9 Å². The number of nitrogens with one attached hydrogen (secondary N) is 1. The molecule has 0 bridgehead atoms. The number of carbonyl (C=O) groups is 1. The zero-order valence-corrected chi connectivity index (χ0v) is 16.0. The molecule has 1 atom stereocenters. The molecular weight excluding hydrogens is 352 g/mol. The number of benzene rings is 1. The quantitative estimate of drug-likeness (QED) is 0.741. The molecule has 2 heterocycles. The van der Waals surface area contributed by atoms with E-state index in [4.69, 9.17) is 16.1 Å². The number of nitrogens with zero attached hydrogens (tertiary/aromatic N) is 3. The van der Waals surface area contributed by atoms with E-state index in [2.05, 4.69) is 15.6 Å². The Morgan fingerprint density at radius 3 is 2.73 bits per heavy atom. The van der Waals surface area contributed by atoms with E-state index in [-0.39, 0.29) is 17.7 Å². The molecule has 3 aromatic rings. The minimum absolute atomic E-state index is 0.0713. The van der Waals surface area contributed by atoms with Gasteiger partial charge in [0.2, 0.25) is 5.76 Å². The van der Waals surface area contributed by atoms with E-state index in [9.17, 15) is 4.79 Å². The van der Waals surface area contributed by atoms with Crippen molar-refractivity contribution in [3.63, 3.8) is 0 Å². The van der Waals surface area contributed by atoms with Crippen LogP contribution in [0.1, 0.15) is 34.4 Å². The standard InChI is InChI=1S/C19H21ClN4O2/c1-11(9-15-12(2)22-24(4)13(15)3)21-19(25)18-10-17(23-26-18)14-7-5-6-8-16(14)20/h5-8,10-11H,9H2,1-4H3,(H,21,25)/t11-/m1/s1. The van der Waals surface area contributed by atoms with E-state index in [1.54, 1.807) is 12.1 Å². The molecule has 0 unspecified atom stereocenters. The van der Waals surface area contributed by atoms with Crippen molar-refractivity contribution in [3.8, 4) is 11.3 Å². The maximum atomic E-state index is 12.5. The van der Waals surface area contributed by atoms with Gasteiger partial charge < -0.3 is 9.84 Å². The molecule has 0 aliphatic heterocycles. The molecule has 0 spiro atoms. The van der Waals surface area contributed by atoms with Crippen LogP contribution < -0.4 is 5.32 Å². The molecular formula is C19H21ClN4O2. The molecule has 0 aliphatic rings. The largest absolute Gasteiger partial charge is 0.350 e. The predicted molar refractivity (Wildman–Crippen MR) is 100 cm³/mol. The fourth-order valence-electron chi connectivity index (χ4n) is 2.94. The zero-order chi connectivity index (χ0) is 18.8. The third-order valence-corrected chi connectivity index (χ3v) is 4.76. The second-order valence-corrected chi connectivity index (χ2v) is 6.82. The molecule has 0 saturated heterocycles. The van der Waals surface area contributed by atoms with Crippen LogP contribution in [0, 0.1) is 13.8 Å². The summed E-state index contributed by atoms with van der Waals surface area (Å²) in [5.74, 6) is -0.145. The maximum absolute atomic E-state index is 12.5. The van der Waals surface area contributed by atoms with Gasteiger partial charge in [-0.15, -0.1) is 0 Å². The fourth-order valence-corrected chi connectivity index (χ4v) is 3.18. The molecule has 0 aliphatic carbocycles. The predicted octanol–water partition coefficient (Wildman–Crippen LogP) is 3.71. The maximum Gasteiger partial charge on any atom is 0.290 e. The van der Waals surface area contributed by atoms with Gasteiger partial charge in [0.05, 0.1) is 10.7 Å². The van der Waals surface area contributed by atoms with E-state index < -0.39 is 0 Å². The molecule has 26 heavy (non-hydrogen) atoms. The van der Waals surface area contributed by atoms with Gasteiger partial charge in [-0.1, -0.05) is 35.0 Å². The van der Waals surface area contributed by atoms with Crippen LogP contribution in [0.25, 0.3) is 11.3 Å². The van der Waals surface area contributed by atoms with Crippen LogP contribution in [0.4, 0.5) is 0 Å². The average Bonchev–Trinajstić information content (AvgIpc) is 3.17. The molecule has 7 heteroatoms. The lowest BCUT2D eigenvalue weighted by atomic mass is 10.1. The Hall–Kier alpha value is -2.60. The van der Waals surface area contributed by atoms with Gasteiger partial charge in [-0.2, -0.15) is 5.10 Å². The molecule has 1 aromatic carbocycles. The lowest BCUT2D eigenvalue weighted by Crippen LogP contribution is -2.34. The number of hydrogen-bond acceptors (Lipinski definition) is 4. The Morgan fingerprint density at radius 2 is 2.08 bits per heavy atom. The normalized spacial score (nSPS) is 12.2. The number of amides is 1. The third-order valence-electron chi connectivity index (χ3n) is 4.43. The Morgan fingerprint density at radius 1 is 1.35 bits per heavy atom. The van der Waals surface area contributed by atoms with E-state index in [0.29, 0.717) is 17.1 Å². The highest BCUT2D eigenvalue weighted by atomic mass is 35.5. The minimum Gasteiger partial charge on any atom is -0.350 e. The van der Waals surface area contributed by atoms with Gasteiger partial charge >= 0.3 is 0 Å². The van der Waals surface area contributed by atoms with E-state index in [1.165, 1.54) is 0 Å². The van der Waals surface area contributed by atoms with Crippen molar-refractivity contribution in [1.29, 1.82) is 0 Å². The molecule has 0 radical (unpaired) electrons. The molecule has 136 valence electrons. The summed E-state index contributed by atoms with van der Waals surface area (Å²) in [5.41, 5.74) is 4.49. The first-order valence-electron chi connectivity index (χ1n) is 8.38. The first-order valence-corrected chi connectivity index (χ1v) is 8.76. The molecule has 0 fully saturated rings. The summed E-state index contributed by atoms with van der Waals surface area (Å²) < 4.78 is 7.05. The Balaban J connectivity index is 1.69. The summed E-state index contributed by atoms with van der Waals surface area (Å²) in [7, 11) is 1.92. The summed E-state index contributed by atoms with van der Waals surface area (Å²) in [4.78, 5) is 12.5. The summed E-state index contributed by atoms with van der Waals surface area (Å²) in [5, 5.41) is 11.9. The summed E-state index contributed by atoms with van der Waals surface area (Å²) in [6.45, 7) is 5.95. The average molecular weight is 373 g/mol. The number of aryl methyl sites for hydroxylation is 2. The van der Waals surface area contributed by atoms with Crippen molar-refractivity contribution >= 4 is 17.5 Å². The van der Waals surface area contributed by atoms with Crippen LogP contribution in [0.2, 0.25) is 5.02 Å². The molecule has 1 N–H and O–H groups in total. The van der Waals surface area contributed by atoms with Gasteiger partial charge in [-0.25, -0.2) is 0 Å². The van der Waals surface area contributed by atoms with Crippen molar-refractivity contribution in [2.45, 2.75) is 33.2 Å². The van der Waals surface area contributed by atoms with E-state index in [1.807, 2.05) is 50.7 Å². The highest BCUT2D eigenvalue weighted by molar-refractivity contribution is 6.33. The van der Waals surface area contributed by atoms with Gasteiger partial charge in [0.25, 0.3) is 5.91 Å². The third kappa shape index (κ3) is 3.65. The lowest BCUT2D eigenvalue weighted by Gasteiger charge is -2.13. The van der Waals surface area contributed by atoms with Crippen LogP contribution in [-0.2, 0) is 13.5 Å². The topological polar surface area (TPSA) is 73.0 Å². The van der Waals surface area contributed by atoms with Crippen LogP contribution >= 0.6 is 11.6 Å². The van der Waals surface area contributed by atoms with Crippen molar-refractivity contribution in [1.82, 2.24) is 20.3 Å². The van der Waals surface area contributed by atoms with Crippen molar-refractivity contribution < 1.29 is 9.32 Å². The monoisotopic (exact) mass is 372 g/mol. The number of hydrogen-bond donors (Lipinski definition) is 1. The van der Waals surface area contributed by atoms with Crippen molar-refractivity contribution in [2.75, 3.05) is 0 Å². The summed E-state index contributed by atoms with van der Waals surface area (Å²) >= 11 is 6.16. The number of rotatable bonds is 5. The van der Waals surface area contributed by atoms with Gasteiger partial charge in [0.15, 0.2) is 0 Å². The van der Waals surface area contributed by atoms with Gasteiger partial charge in [0, 0.05) is 30.4 Å². The number of carbonyl (C=O) groups excluding carboxylic acids is 1. The van der Waals surface area contributed by atoms with E-state index in [0.717, 1.165) is 22.5 Å². The lowest BCUT2D eigenvalue weighted by molar-refractivity contribution is 0.0903. The van der Waals surface area contributed by atoms with E-state index >= 15 is 0 Å². The highest BCUT2D eigenvalue weighted by Crippen LogP contribution is 2.27. The summed E-state index contributed by atoms with van der Waals surface area (Å²) in [6.07, 6.45) is 0.697. The second-order valence-electron chi connectivity index (χ2n) is 6.41.